The van der Waals surface area contributed by atoms with Crippen molar-refractivity contribution in [1.29, 1.82) is 5.41 Å². The van der Waals surface area contributed by atoms with Crippen molar-refractivity contribution in [3.63, 3.8) is 0 Å². The first kappa shape index (κ1) is 28.2. The second kappa shape index (κ2) is 12.6. The Morgan fingerprint density at radius 1 is 0.600 bits per heavy atom. The molecule has 0 radical (unpaired) electrons. The van der Waals surface area contributed by atoms with Gasteiger partial charge in [-0.3, -0.25) is 5.32 Å². The van der Waals surface area contributed by atoms with E-state index in [0.29, 0.717) is 0 Å². The van der Waals surface area contributed by atoms with E-state index in [1.807, 2.05) is 37.3 Å². The Balaban J connectivity index is 1.22. The largest absolute Gasteiger partial charge is 0.350 e. The highest BCUT2D eigenvalue weighted by molar-refractivity contribution is 6.09. The summed E-state index contributed by atoms with van der Waals surface area (Å²) < 4.78 is 0. The number of benzene rings is 6. The van der Waals surface area contributed by atoms with Gasteiger partial charge in [0.1, 0.15) is 18.2 Å². The fraction of sp³-hybridized carbons (Fsp3) is 0.0732. The molecule has 0 amide bonds. The minimum Gasteiger partial charge on any atom is -0.350 e. The Kier molecular flexibility index (Phi) is 7.88. The van der Waals surface area contributed by atoms with Crippen LogP contribution in [0.15, 0.2) is 157 Å². The molecule has 6 aromatic rings. The number of allylic oxidation sites excluding steroid dienone is 2. The van der Waals surface area contributed by atoms with Gasteiger partial charge in [-0.25, -0.2) is 4.99 Å². The van der Waals surface area contributed by atoms with Gasteiger partial charge in [-0.2, -0.15) is 0 Å². The summed E-state index contributed by atoms with van der Waals surface area (Å²) in [4.78, 5) is 5.10. The van der Waals surface area contributed by atoms with Gasteiger partial charge >= 0.3 is 0 Å². The Morgan fingerprint density at radius 2 is 1.16 bits per heavy atom. The highest BCUT2D eigenvalue weighted by Crippen LogP contribution is 2.37. The molecular weight excluding hydrogens is 548 g/mol. The van der Waals surface area contributed by atoms with E-state index in [-0.39, 0.29) is 12.3 Å². The number of rotatable bonds is 7. The van der Waals surface area contributed by atoms with Gasteiger partial charge in [-0.1, -0.05) is 152 Å². The van der Waals surface area contributed by atoms with Gasteiger partial charge in [-0.05, 0) is 62.2 Å². The minimum atomic E-state index is -0.196. The van der Waals surface area contributed by atoms with Crippen LogP contribution in [0, 0.1) is 5.41 Å². The van der Waals surface area contributed by atoms with E-state index in [4.69, 9.17) is 10.4 Å². The lowest BCUT2D eigenvalue weighted by Crippen LogP contribution is -2.44. The van der Waals surface area contributed by atoms with Gasteiger partial charge in [-0.15, -0.1) is 0 Å². The molecule has 45 heavy (non-hydrogen) atoms. The topological polar surface area (TPSA) is 60.3 Å². The standard InChI is InChI=1S/C41H34N4/c1-2-28(27-42)29-17-19-30(20-18-29)35-25-26-36(38-16-10-9-15-37(35)38)31-21-23-34(24-22-31)41-44-39(32-11-5-3-6-12-32)43-40(45-41)33-13-7-4-8-14-33/h2-27,39,41-42,44H,1H3,(H,43,45)/b28-2+,42-27?. The number of hydrogen-bond acceptors (Lipinski definition) is 4. The molecule has 4 nitrogen and oxygen atoms in total. The van der Waals surface area contributed by atoms with E-state index in [1.54, 1.807) is 0 Å². The van der Waals surface area contributed by atoms with Crippen molar-refractivity contribution < 1.29 is 0 Å². The Bertz CT molecular complexity index is 2010. The van der Waals surface area contributed by atoms with Crippen LogP contribution >= 0.6 is 0 Å². The van der Waals surface area contributed by atoms with E-state index < -0.39 is 0 Å². The summed E-state index contributed by atoms with van der Waals surface area (Å²) in [6.45, 7) is 1.96. The first-order chi connectivity index (χ1) is 22.2. The zero-order valence-corrected chi connectivity index (χ0v) is 25.1. The zero-order valence-electron chi connectivity index (χ0n) is 25.1. The fourth-order valence-electron chi connectivity index (χ4n) is 6.11. The Labute approximate surface area is 264 Å². The van der Waals surface area contributed by atoms with Crippen molar-refractivity contribution in [2.45, 2.75) is 19.3 Å². The molecule has 4 heteroatoms. The number of fused-ring (bicyclic) bond motifs is 1. The highest BCUT2D eigenvalue weighted by Gasteiger charge is 2.25. The predicted molar refractivity (Wildman–Crippen MR) is 188 cm³/mol. The molecule has 0 aliphatic carbocycles. The van der Waals surface area contributed by atoms with Gasteiger partial charge in [0, 0.05) is 11.8 Å². The van der Waals surface area contributed by atoms with E-state index in [1.165, 1.54) is 39.2 Å². The molecule has 0 fully saturated rings. The summed E-state index contributed by atoms with van der Waals surface area (Å²) in [6, 6.07) is 51.1. The van der Waals surface area contributed by atoms with Crippen LogP contribution in [0.1, 0.15) is 41.5 Å². The number of hydrogen-bond donors (Lipinski definition) is 3. The molecular formula is C41H34N4. The predicted octanol–water partition coefficient (Wildman–Crippen LogP) is 9.56. The molecule has 2 unspecified atom stereocenters. The van der Waals surface area contributed by atoms with Crippen molar-refractivity contribution >= 4 is 28.4 Å². The molecule has 0 spiro atoms. The van der Waals surface area contributed by atoms with Crippen LogP contribution in [0.4, 0.5) is 0 Å². The van der Waals surface area contributed by atoms with E-state index in [9.17, 15) is 0 Å². The molecule has 0 aromatic heterocycles. The van der Waals surface area contributed by atoms with Crippen molar-refractivity contribution in [1.82, 2.24) is 10.6 Å². The van der Waals surface area contributed by atoms with Crippen LogP contribution in [-0.2, 0) is 0 Å². The van der Waals surface area contributed by atoms with Crippen LogP contribution in [0.2, 0.25) is 0 Å². The SMILES string of the molecule is C/C=C(\C=N)c1ccc(-c2ccc(-c3ccc(C4N=C(c5ccccc5)NC(c5ccccc5)N4)cc3)c3ccccc23)cc1. The van der Waals surface area contributed by atoms with Crippen LogP contribution in [0.25, 0.3) is 38.6 Å². The third kappa shape index (κ3) is 5.72. The van der Waals surface area contributed by atoms with Crippen LogP contribution in [0.3, 0.4) is 0 Å². The van der Waals surface area contributed by atoms with Crippen molar-refractivity contribution in [2.75, 3.05) is 0 Å². The van der Waals surface area contributed by atoms with Crippen LogP contribution in [-0.4, -0.2) is 12.1 Å². The lowest BCUT2D eigenvalue weighted by atomic mass is 9.91. The molecule has 0 bridgehead atoms. The molecule has 6 aromatic carbocycles. The second-order valence-electron chi connectivity index (χ2n) is 11.2. The van der Waals surface area contributed by atoms with Gasteiger partial charge in [0.15, 0.2) is 0 Å². The van der Waals surface area contributed by atoms with Gasteiger partial charge < -0.3 is 10.7 Å². The average molecular weight is 583 g/mol. The summed E-state index contributed by atoms with van der Waals surface area (Å²) in [5.41, 5.74) is 10.0. The monoisotopic (exact) mass is 582 g/mol. The van der Waals surface area contributed by atoms with Crippen LogP contribution in [0.5, 0.6) is 0 Å². The smallest absolute Gasteiger partial charge is 0.131 e. The first-order valence-corrected chi connectivity index (χ1v) is 15.3. The maximum atomic E-state index is 7.68. The highest BCUT2D eigenvalue weighted by atomic mass is 15.3. The maximum absolute atomic E-state index is 7.68. The molecule has 0 saturated heterocycles. The minimum absolute atomic E-state index is 0.0659. The number of amidine groups is 1. The van der Waals surface area contributed by atoms with Crippen molar-refractivity contribution in [3.8, 4) is 22.3 Å². The van der Waals surface area contributed by atoms with E-state index >= 15 is 0 Å². The molecule has 3 N–H and O–H groups in total. The summed E-state index contributed by atoms with van der Waals surface area (Å²) in [5, 5.41) is 17.4. The fourth-order valence-corrected chi connectivity index (χ4v) is 6.11. The summed E-state index contributed by atoms with van der Waals surface area (Å²) in [7, 11) is 0. The van der Waals surface area contributed by atoms with Gasteiger partial charge in [0.05, 0.1) is 0 Å². The Hall–Kier alpha value is -5.58. The van der Waals surface area contributed by atoms with E-state index in [0.717, 1.165) is 33.7 Å². The second-order valence-corrected chi connectivity index (χ2v) is 11.2. The van der Waals surface area contributed by atoms with Crippen molar-refractivity contribution in [3.05, 3.63) is 174 Å². The van der Waals surface area contributed by atoms with E-state index in [2.05, 4.69) is 132 Å². The normalized spacial score (nSPS) is 16.6. The lowest BCUT2D eigenvalue weighted by molar-refractivity contribution is 0.409. The number of nitrogens with one attached hydrogen (secondary N) is 3. The zero-order chi connectivity index (χ0) is 30.6. The number of nitrogens with zero attached hydrogens (tertiary/aromatic N) is 1. The number of aliphatic imine (C=N–C) groups is 1. The molecule has 1 aliphatic rings. The lowest BCUT2D eigenvalue weighted by Gasteiger charge is -2.32. The molecule has 2 atom stereocenters. The third-order valence-corrected chi connectivity index (χ3v) is 8.50. The quantitative estimate of drug-likeness (QED) is 0.164. The summed E-state index contributed by atoms with van der Waals surface area (Å²) >= 11 is 0. The summed E-state index contributed by atoms with van der Waals surface area (Å²) in [6.07, 6.45) is 3.11. The molecule has 1 heterocycles. The molecule has 7 rings (SSSR count). The molecule has 218 valence electrons. The maximum Gasteiger partial charge on any atom is 0.131 e. The van der Waals surface area contributed by atoms with Crippen molar-refractivity contribution in [2.24, 2.45) is 4.99 Å². The first-order valence-electron chi connectivity index (χ1n) is 15.3. The van der Waals surface area contributed by atoms with Gasteiger partial charge in [0.2, 0.25) is 0 Å². The molecule has 1 aliphatic heterocycles. The molecule has 0 saturated carbocycles. The third-order valence-electron chi connectivity index (χ3n) is 8.50. The Morgan fingerprint density at radius 3 is 1.73 bits per heavy atom. The summed E-state index contributed by atoms with van der Waals surface area (Å²) in [5.74, 6) is 0.881. The average Bonchev–Trinajstić information content (AvgIpc) is 3.13. The van der Waals surface area contributed by atoms with Gasteiger partial charge in [0.25, 0.3) is 0 Å². The van der Waals surface area contributed by atoms with Crippen LogP contribution < -0.4 is 10.6 Å².